The number of carbonyl (C=O) groups is 1. The van der Waals surface area contributed by atoms with E-state index in [1.165, 1.54) is 6.07 Å². The maximum Gasteiger partial charge on any atom is 0.270 e. The van der Waals surface area contributed by atoms with Crippen LogP contribution in [0.15, 0.2) is 65.4 Å². The van der Waals surface area contributed by atoms with E-state index in [0.717, 1.165) is 11.4 Å². The molecular weight excluding hydrogens is 309 g/mol. The second kappa shape index (κ2) is 7.41. The topological polar surface area (TPSA) is 67.2 Å². The van der Waals surface area contributed by atoms with Gasteiger partial charge in [-0.2, -0.15) is 0 Å². The molecule has 0 saturated carbocycles. The fourth-order valence-electron chi connectivity index (χ4n) is 2.14. The van der Waals surface area contributed by atoms with Gasteiger partial charge in [-0.25, -0.2) is 9.37 Å². The molecule has 3 rings (SSSR count). The van der Waals surface area contributed by atoms with Crippen molar-refractivity contribution in [3.05, 3.63) is 83.8 Å². The van der Waals surface area contributed by atoms with Crippen LogP contribution in [0.1, 0.15) is 21.8 Å². The Balaban J connectivity index is 1.54. The molecule has 2 N–H and O–H groups in total. The molecule has 0 atom stereocenters. The number of anilines is 1. The number of pyridine rings is 1. The quantitative estimate of drug-likeness (QED) is 0.729. The van der Waals surface area contributed by atoms with Crippen molar-refractivity contribution in [2.45, 2.75) is 13.1 Å². The number of amides is 1. The minimum atomic E-state index is -0.351. The normalized spacial score (nSPS) is 10.4. The predicted molar refractivity (Wildman–Crippen MR) is 87.8 cm³/mol. The highest BCUT2D eigenvalue weighted by molar-refractivity contribution is 5.92. The summed E-state index contributed by atoms with van der Waals surface area (Å²) in [5.41, 5.74) is 1.48. The van der Waals surface area contributed by atoms with Crippen LogP contribution < -0.4 is 10.6 Å². The lowest BCUT2D eigenvalue weighted by Gasteiger charge is -2.07. The summed E-state index contributed by atoms with van der Waals surface area (Å²) in [4.78, 5) is 16.2. The van der Waals surface area contributed by atoms with Crippen LogP contribution in [0.2, 0.25) is 0 Å². The van der Waals surface area contributed by atoms with E-state index in [1.54, 1.807) is 42.8 Å². The van der Waals surface area contributed by atoms with Gasteiger partial charge in [0.2, 0.25) is 0 Å². The van der Waals surface area contributed by atoms with Crippen LogP contribution in [0.3, 0.4) is 0 Å². The fraction of sp³-hybridized carbons (Fsp3) is 0.111. The van der Waals surface area contributed by atoms with Gasteiger partial charge < -0.3 is 15.1 Å². The van der Waals surface area contributed by atoms with Crippen LogP contribution in [0, 0.1) is 5.82 Å². The van der Waals surface area contributed by atoms with Crippen LogP contribution in [-0.4, -0.2) is 10.9 Å². The van der Waals surface area contributed by atoms with Crippen LogP contribution in [0.5, 0.6) is 0 Å². The maximum atomic E-state index is 13.5. The molecule has 24 heavy (non-hydrogen) atoms. The van der Waals surface area contributed by atoms with Crippen molar-refractivity contribution >= 4 is 11.6 Å². The molecule has 1 amide bonds. The van der Waals surface area contributed by atoms with Gasteiger partial charge in [-0.05, 0) is 30.3 Å². The first-order valence-electron chi connectivity index (χ1n) is 7.46. The highest BCUT2D eigenvalue weighted by Gasteiger charge is 2.08. The first kappa shape index (κ1) is 15.7. The van der Waals surface area contributed by atoms with Gasteiger partial charge in [-0.15, -0.1) is 0 Å². The smallest absolute Gasteiger partial charge is 0.270 e. The number of hydrogen-bond acceptors (Lipinski definition) is 4. The van der Waals surface area contributed by atoms with Gasteiger partial charge in [0.15, 0.2) is 0 Å². The Hall–Kier alpha value is -3.15. The molecule has 0 aliphatic carbocycles. The summed E-state index contributed by atoms with van der Waals surface area (Å²) in [5, 5.41) is 5.79. The molecule has 0 fully saturated rings. The number of halogens is 1. The number of hydrogen-bond donors (Lipinski definition) is 2. The molecule has 6 heteroatoms. The van der Waals surface area contributed by atoms with Gasteiger partial charge >= 0.3 is 0 Å². The number of rotatable bonds is 6. The largest absolute Gasteiger partial charge is 0.467 e. The van der Waals surface area contributed by atoms with Gasteiger partial charge in [0.1, 0.15) is 17.3 Å². The fourth-order valence-corrected chi connectivity index (χ4v) is 2.14. The highest BCUT2D eigenvalue weighted by atomic mass is 19.1. The molecule has 5 nitrogen and oxygen atoms in total. The Bertz CT molecular complexity index is 801. The summed E-state index contributed by atoms with van der Waals surface area (Å²) in [7, 11) is 0. The van der Waals surface area contributed by atoms with Crippen molar-refractivity contribution in [1.29, 1.82) is 0 Å². The van der Waals surface area contributed by atoms with E-state index in [-0.39, 0.29) is 24.0 Å². The lowest BCUT2D eigenvalue weighted by Crippen LogP contribution is -2.24. The summed E-state index contributed by atoms with van der Waals surface area (Å²) in [6.07, 6.45) is 3.18. The van der Waals surface area contributed by atoms with E-state index in [0.29, 0.717) is 12.1 Å². The van der Waals surface area contributed by atoms with Crippen LogP contribution in [0.25, 0.3) is 0 Å². The molecule has 122 valence electrons. The van der Waals surface area contributed by atoms with Crippen LogP contribution >= 0.6 is 0 Å². The number of aromatic nitrogens is 1. The summed E-state index contributed by atoms with van der Waals surface area (Å²) >= 11 is 0. The molecule has 0 bridgehead atoms. The van der Waals surface area contributed by atoms with Crippen LogP contribution in [0.4, 0.5) is 10.1 Å². The van der Waals surface area contributed by atoms with Crippen molar-refractivity contribution in [2.75, 3.05) is 5.32 Å². The van der Waals surface area contributed by atoms with Gasteiger partial charge in [-0.1, -0.05) is 18.2 Å². The predicted octanol–water partition coefficient (Wildman–Crippen LogP) is 3.36. The molecule has 0 aliphatic rings. The third kappa shape index (κ3) is 3.98. The first-order chi connectivity index (χ1) is 11.7. The molecule has 0 unspecified atom stereocenters. The molecular formula is C18H16FN3O2. The van der Waals surface area contributed by atoms with Gasteiger partial charge in [-0.3, -0.25) is 4.79 Å². The monoisotopic (exact) mass is 325 g/mol. The van der Waals surface area contributed by atoms with Gasteiger partial charge in [0.25, 0.3) is 5.91 Å². The van der Waals surface area contributed by atoms with Gasteiger partial charge in [0.05, 0.1) is 24.7 Å². The van der Waals surface area contributed by atoms with Gasteiger partial charge in [0, 0.05) is 12.1 Å². The third-order valence-corrected chi connectivity index (χ3v) is 3.44. The second-order valence-corrected chi connectivity index (χ2v) is 5.14. The highest BCUT2D eigenvalue weighted by Crippen LogP contribution is 2.10. The molecule has 2 heterocycles. The first-order valence-corrected chi connectivity index (χ1v) is 7.46. The van der Waals surface area contributed by atoms with E-state index in [2.05, 4.69) is 15.6 Å². The number of nitrogens with one attached hydrogen (secondary N) is 2. The minimum absolute atomic E-state index is 0.117. The number of carbonyl (C=O) groups excluding carboxylic acids is 1. The van der Waals surface area contributed by atoms with Crippen molar-refractivity contribution in [3.8, 4) is 0 Å². The van der Waals surface area contributed by atoms with Crippen LogP contribution in [-0.2, 0) is 13.1 Å². The van der Waals surface area contributed by atoms with E-state index >= 15 is 0 Å². The Labute approximate surface area is 138 Å². The zero-order valence-corrected chi connectivity index (χ0v) is 12.8. The zero-order valence-electron chi connectivity index (χ0n) is 12.8. The number of furan rings is 1. The number of nitrogens with zero attached hydrogens (tertiary/aromatic N) is 1. The van der Waals surface area contributed by atoms with Crippen molar-refractivity contribution < 1.29 is 13.6 Å². The lowest BCUT2D eigenvalue weighted by molar-refractivity contribution is 0.0945. The second-order valence-electron chi connectivity index (χ2n) is 5.14. The number of benzene rings is 1. The lowest BCUT2D eigenvalue weighted by atomic mass is 10.2. The van der Waals surface area contributed by atoms with E-state index in [9.17, 15) is 9.18 Å². The van der Waals surface area contributed by atoms with Crippen molar-refractivity contribution in [3.63, 3.8) is 0 Å². The summed E-state index contributed by atoms with van der Waals surface area (Å²) in [6, 6.07) is 13.4. The van der Waals surface area contributed by atoms with E-state index in [4.69, 9.17) is 4.42 Å². The summed E-state index contributed by atoms with van der Waals surface area (Å²) < 4.78 is 18.7. The summed E-state index contributed by atoms with van der Waals surface area (Å²) in [6.45, 7) is 0.652. The molecule has 0 aliphatic heterocycles. The molecule has 0 spiro atoms. The molecule has 0 saturated heterocycles. The Morgan fingerprint density at radius 3 is 2.67 bits per heavy atom. The van der Waals surface area contributed by atoms with Crippen molar-refractivity contribution in [1.82, 2.24) is 10.3 Å². The maximum absolute atomic E-state index is 13.5. The Morgan fingerprint density at radius 1 is 1.08 bits per heavy atom. The standard InChI is InChI=1S/C18H16FN3O2/c19-16-6-2-1-4-13(16)10-22-18(23)17-8-7-14(11-21-17)20-12-15-5-3-9-24-15/h1-9,11,20H,10,12H2,(H,22,23). The zero-order chi connectivity index (χ0) is 16.8. The van der Waals surface area contributed by atoms with E-state index in [1.807, 2.05) is 12.1 Å². The SMILES string of the molecule is O=C(NCc1ccccc1F)c1ccc(NCc2ccco2)cn1. The Morgan fingerprint density at radius 2 is 1.96 bits per heavy atom. The molecule has 0 radical (unpaired) electrons. The third-order valence-electron chi connectivity index (χ3n) is 3.44. The average Bonchev–Trinajstić information content (AvgIpc) is 3.13. The molecule has 2 aromatic heterocycles. The van der Waals surface area contributed by atoms with E-state index < -0.39 is 0 Å². The average molecular weight is 325 g/mol. The molecule has 3 aromatic rings. The van der Waals surface area contributed by atoms with Crippen molar-refractivity contribution in [2.24, 2.45) is 0 Å². The minimum Gasteiger partial charge on any atom is -0.467 e. The Kier molecular flexibility index (Phi) is 4.86. The summed E-state index contributed by atoms with van der Waals surface area (Å²) in [5.74, 6) is 0.112. The molecule has 1 aromatic carbocycles.